The van der Waals surface area contributed by atoms with Crippen LogP contribution in [0.2, 0.25) is 0 Å². The molecule has 0 unspecified atom stereocenters. The quantitative estimate of drug-likeness (QED) is 0.495. The fraction of sp³-hybridized carbons (Fsp3) is 0.0476. The number of para-hydroxylation sites is 1. The number of nitro benzene ring substituents is 1. The smallest absolute Gasteiger partial charge is 0.273 e. The molecular formula is C21H17N3O5. The molecular weight excluding hydrogens is 374 g/mol. The zero-order valence-electron chi connectivity index (χ0n) is 15.2. The number of amides is 2. The van der Waals surface area contributed by atoms with E-state index in [2.05, 4.69) is 10.9 Å². The second-order valence-corrected chi connectivity index (χ2v) is 5.98. The van der Waals surface area contributed by atoms with Crippen molar-refractivity contribution < 1.29 is 19.2 Å². The molecule has 0 aliphatic heterocycles. The predicted molar refractivity (Wildman–Crippen MR) is 105 cm³/mol. The molecule has 3 aromatic rings. The Labute approximate surface area is 166 Å². The van der Waals surface area contributed by atoms with Gasteiger partial charge in [-0.1, -0.05) is 42.5 Å². The average molecular weight is 391 g/mol. The highest BCUT2D eigenvalue weighted by molar-refractivity contribution is 6.00. The molecule has 8 heteroatoms. The van der Waals surface area contributed by atoms with Gasteiger partial charge >= 0.3 is 0 Å². The van der Waals surface area contributed by atoms with Crippen LogP contribution in [0.15, 0.2) is 78.9 Å². The number of ether oxygens (including phenoxy) is 1. The molecule has 0 bridgehead atoms. The van der Waals surface area contributed by atoms with Gasteiger partial charge in [0.2, 0.25) is 0 Å². The molecule has 0 aliphatic carbocycles. The topological polar surface area (TPSA) is 111 Å². The molecule has 0 heterocycles. The van der Waals surface area contributed by atoms with Gasteiger partial charge in [0, 0.05) is 17.7 Å². The summed E-state index contributed by atoms with van der Waals surface area (Å²) in [5.41, 5.74) is 5.85. The zero-order chi connectivity index (χ0) is 20.6. The van der Waals surface area contributed by atoms with Crippen LogP contribution in [0.3, 0.4) is 0 Å². The van der Waals surface area contributed by atoms with Crippen molar-refractivity contribution in [2.75, 3.05) is 0 Å². The van der Waals surface area contributed by atoms with Crippen LogP contribution < -0.4 is 15.6 Å². The molecule has 0 spiro atoms. The van der Waals surface area contributed by atoms with E-state index < -0.39 is 16.7 Å². The molecule has 0 saturated carbocycles. The van der Waals surface area contributed by atoms with Gasteiger partial charge in [-0.05, 0) is 29.8 Å². The van der Waals surface area contributed by atoms with Crippen molar-refractivity contribution in [3.63, 3.8) is 0 Å². The van der Waals surface area contributed by atoms with E-state index in [1.165, 1.54) is 24.3 Å². The minimum atomic E-state index is -0.601. The van der Waals surface area contributed by atoms with Crippen molar-refractivity contribution in [3.05, 3.63) is 106 Å². The maximum atomic E-state index is 12.5. The number of carbonyl (C=O) groups is 2. The van der Waals surface area contributed by atoms with Gasteiger partial charge in [-0.2, -0.15) is 0 Å². The molecule has 0 aliphatic rings. The zero-order valence-corrected chi connectivity index (χ0v) is 15.2. The van der Waals surface area contributed by atoms with Crippen molar-refractivity contribution >= 4 is 17.5 Å². The van der Waals surface area contributed by atoms with Crippen molar-refractivity contribution in [1.29, 1.82) is 0 Å². The van der Waals surface area contributed by atoms with Crippen molar-refractivity contribution in [3.8, 4) is 5.75 Å². The Kier molecular flexibility index (Phi) is 6.16. The lowest BCUT2D eigenvalue weighted by Crippen LogP contribution is -2.41. The summed E-state index contributed by atoms with van der Waals surface area (Å²) in [5.74, 6) is -0.779. The van der Waals surface area contributed by atoms with E-state index in [-0.39, 0.29) is 16.8 Å². The molecule has 0 fully saturated rings. The molecule has 29 heavy (non-hydrogen) atoms. The maximum Gasteiger partial charge on any atom is 0.273 e. The summed E-state index contributed by atoms with van der Waals surface area (Å²) in [4.78, 5) is 34.7. The fourth-order valence-electron chi connectivity index (χ4n) is 2.50. The average Bonchev–Trinajstić information content (AvgIpc) is 2.76. The number of nitro groups is 1. The standard InChI is InChI=1S/C21H17N3O5/c25-20(16-10-12-17(13-11-16)24(27)28)22-23-21(26)18-8-4-5-9-19(18)29-14-15-6-2-1-3-7-15/h1-13H,14H2,(H,22,25)(H,23,26). The molecule has 0 atom stereocenters. The van der Waals surface area contributed by atoms with Crippen LogP contribution in [-0.2, 0) is 6.61 Å². The number of nitrogens with one attached hydrogen (secondary N) is 2. The Morgan fingerprint density at radius 2 is 1.45 bits per heavy atom. The van der Waals surface area contributed by atoms with Crippen LogP contribution in [0.4, 0.5) is 5.69 Å². The SMILES string of the molecule is O=C(NNC(=O)c1ccccc1OCc1ccccc1)c1ccc([N+](=O)[O-])cc1. The molecule has 2 N–H and O–H groups in total. The molecule has 8 nitrogen and oxygen atoms in total. The van der Waals surface area contributed by atoms with Gasteiger partial charge in [0.15, 0.2) is 0 Å². The second kappa shape index (κ2) is 9.14. The van der Waals surface area contributed by atoms with Crippen LogP contribution in [0.1, 0.15) is 26.3 Å². The van der Waals surface area contributed by atoms with E-state index >= 15 is 0 Å². The van der Waals surface area contributed by atoms with Crippen LogP contribution in [0.5, 0.6) is 5.75 Å². The molecule has 0 aromatic heterocycles. The number of non-ortho nitro benzene ring substituents is 1. The van der Waals surface area contributed by atoms with Crippen molar-refractivity contribution in [2.24, 2.45) is 0 Å². The van der Waals surface area contributed by atoms with Gasteiger partial charge in [-0.15, -0.1) is 0 Å². The van der Waals surface area contributed by atoms with Gasteiger partial charge < -0.3 is 4.74 Å². The Morgan fingerprint density at radius 1 is 0.828 bits per heavy atom. The number of carbonyl (C=O) groups excluding carboxylic acids is 2. The van der Waals surface area contributed by atoms with Gasteiger partial charge in [0.05, 0.1) is 10.5 Å². The summed E-state index contributed by atoms with van der Waals surface area (Å²) in [5, 5.41) is 10.7. The fourth-order valence-corrected chi connectivity index (χ4v) is 2.50. The number of nitrogens with zero attached hydrogens (tertiary/aromatic N) is 1. The minimum absolute atomic E-state index is 0.130. The third-order valence-corrected chi connectivity index (χ3v) is 4.00. The first-order valence-electron chi connectivity index (χ1n) is 8.65. The van der Waals surface area contributed by atoms with Gasteiger partial charge in [0.1, 0.15) is 12.4 Å². The number of rotatable bonds is 6. The summed E-state index contributed by atoms with van der Waals surface area (Å²) in [7, 11) is 0. The summed E-state index contributed by atoms with van der Waals surface area (Å²) in [6.07, 6.45) is 0. The first-order valence-corrected chi connectivity index (χ1v) is 8.65. The highest BCUT2D eigenvalue weighted by atomic mass is 16.6. The number of hydrogen-bond acceptors (Lipinski definition) is 5. The summed E-state index contributed by atoms with van der Waals surface area (Å²) >= 11 is 0. The highest BCUT2D eigenvalue weighted by Gasteiger charge is 2.14. The first-order chi connectivity index (χ1) is 14.0. The molecule has 3 rings (SSSR count). The van der Waals surface area contributed by atoms with Crippen molar-refractivity contribution in [1.82, 2.24) is 10.9 Å². The Hall–Kier alpha value is -4.20. The molecule has 3 aromatic carbocycles. The van der Waals surface area contributed by atoms with Crippen LogP contribution >= 0.6 is 0 Å². The summed E-state index contributed by atoms with van der Waals surface area (Å²) in [6, 6.07) is 21.2. The summed E-state index contributed by atoms with van der Waals surface area (Å²) in [6.45, 7) is 0.292. The van der Waals surface area contributed by atoms with Gasteiger partial charge in [-0.3, -0.25) is 30.6 Å². The first kappa shape index (κ1) is 19.6. The monoisotopic (exact) mass is 391 g/mol. The Morgan fingerprint density at radius 3 is 2.14 bits per heavy atom. The predicted octanol–water partition coefficient (Wildman–Crippen LogP) is 3.25. The van der Waals surface area contributed by atoms with Crippen LogP contribution in [0, 0.1) is 10.1 Å². The lowest BCUT2D eigenvalue weighted by molar-refractivity contribution is -0.384. The second-order valence-electron chi connectivity index (χ2n) is 5.98. The largest absolute Gasteiger partial charge is 0.488 e. The third-order valence-electron chi connectivity index (χ3n) is 4.00. The number of hydrazine groups is 1. The van der Waals surface area contributed by atoms with E-state index in [4.69, 9.17) is 4.74 Å². The molecule has 0 radical (unpaired) electrons. The van der Waals surface area contributed by atoms with Crippen LogP contribution in [0.25, 0.3) is 0 Å². The minimum Gasteiger partial charge on any atom is -0.488 e. The number of hydrogen-bond donors (Lipinski definition) is 2. The molecule has 0 saturated heterocycles. The lowest BCUT2D eigenvalue weighted by Gasteiger charge is -2.12. The van der Waals surface area contributed by atoms with Gasteiger partial charge in [0.25, 0.3) is 17.5 Å². The highest BCUT2D eigenvalue weighted by Crippen LogP contribution is 2.19. The Balaban J connectivity index is 1.61. The van der Waals surface area contributed by atoms with E-state index in [9.17, 15) is 19.7 Å². The van der Waals surface area contributed by atoms with Gasteiger partial charge in [-0.25, -0.2) is 0 Å². The molecule has 2 amide bonds. The van der Waals surface area contributed by atoms with E-state index in [1.54, 1.807) is 24.3 Å². The summed E-state index contributed by atoms with van der Waals surface area (Å²) < 4.78 is 5.73. The third kappa shape index (κ3) is 5.16. The van der Waals surface area contributed by atoms with E-state index in [0.717, 1.165) is 5.56 Å². The van der Waals surface area contributed by atoms with E-state index in [0.29, 0.717) is 12.4 Å². The Bertz CT molecular complexity index is 1020. The normalized spacial score (nSPS) is 10.1. The van der Waals surface area contributed by atoms with Crippen LogP contribution in [-0.4, -0.2) is 16.7 Å². The number of benzene rings is 3. The molecule has 146 valence electrons. The lowest BCUT2D eigenvalue weighted by atomic mass is 10.2. The maximum absolute atomic E-state index is 12.5. The van der Waals surface area contributed by atoms with Crippen molar-refractivity contribution in [2.45, 2.75) is 6.61 Å². The van der Waals surface area contributed by atoms with E-state index in [1.807, 2.05) is 30.3 Å².